The highest BCUT2D eigenvalue weighted by molar-refractivity contribution is 5.35. The highest BCUT2D eigenvalue weighted by Gasteiger charge is 2.31. The van der Waals surface area contributed by atoms with Gasteiger partial charge in [-0.3, -0.25) is 0 Å². The molecule has 0 heterocycles. The number of rotatable bonds is 3. The molecule has 1 N–H and O–H groups in total. The molecule has 0 bridgehead atoms. The van der Waals surface area contributed by atoms with Crippen molar-refractivity contribution in [2.75, 3.05) is 6.61 Å². The maximum atomic E-state index is 11.9. The molecule has 1 aromatic carbocycles. The fraction of sp³-hybridized carbons (Fsp3) is 0.455. The van der Waals surface area contributed by atoms with E-state index in [9.17, 15) is 13.9 Å². The molecule has 4 heteroatoms. The van der Waals surface area contributed by atoms with E-state index >= 15 is 0 Å². The number of halogens is 2. The topological polar surface area (TPSA) is 29.5 Å². The van der Waals surface area contributed by atoms with Gasteiger partial charge in [0.25, 0.3) is 6.43 Å². The second-order valence-corrected chi connectivity index (χ2v) is 3.61. The molecule has 0 saturated heterocycles. The van der Waals surface area contributed by atoms with Crippen LogP contribution in [0.25, 0.3) is 0 Å². The van der Waals surface area contributed by atoms with Gasteiger partial charge in [0.1, 0.15) is 12.7 Å². The third-order valence-corrected chi connectivity index (χ3v) is 2.58. The van der Waals surface area contributed by atoms with Crippen LogP contribution in [0.15, 0.2) is 24.3 Å². The Morgan fingerprint density at radius 3 is 2.80 bits per heavy atom. The van der Waals surface area contributed by atoms with E-state index in [0.717, 1.165) is 11.1 Å². The zero-order valence-electron chi connectivity index (χ0n) is 8.07. The van der Waals surface area contributed by atoms with E-state index in [1.165, 1.54) is 0 Å². The van der Waals surface area contributed by atoms with Crippen LogP contribution in [0, 0.1) is 0 Å². The maximum Gasteiger partial charge on any atom is 0.261 e. The third-order valence-electron chi connectivity index (χ3n) is 2.58. The molecule has 1 aliphatic carbocycles. The largest absolute Gasteiger partial charge is 0.386 e. The number of hydrogen-bond donors (Lipinski definition) is 1. The Balaban J connectivity index is 2.03. The Morgan fingerprint density at radius 2 is 2.13 bits per heavy atom. The molecule has 0 saturated carbocycles. The summed E-state index contributed by atoms with van der Waals surface area (Å²) in [5, 5.41) is 9.78. The van der Waals surface area contributed by atoms with Crippen LogP contribution in [-0.4, -0.2) is 24.2 Å². The number of hydrogen-bond acceptors (Lipinski definition) is 2. The lowest BCUT2D eigenvalue weighted by atomic mass is 10.1. The fourth-order valence-electron chi connectivity index (χ4n) is 1.88. The van der Waals surface area contributed by atoms with Gasteiger partial charge in [0.2, 0.25) is 0 Å². The highest BCUT2D eigenvalue weighted by Crippen LogP contribution is 2.33. The van der Waals surface area contributed by atoms with Gasteiger partial charge in [-0.15, -0.1) is 0 Å². The second-order valence-electron chi connectivity index (χ2n) is 3.61. The quantitative estimate of drug-likeness (QED) is 0.833. The predicted molar refractivity (Wildman–Crippen MR) is 50.8 cm³/mol. The standard InChI is InChI=1S/C11H12F2O2/c12-10(13)6-15-9-5-7-3-1-2-4-8(7)11(9)14/h1-4,9-11,14H,5-6H2. The molecule has 1 aromatic rings. The molecule has 2 rings (SSSR count). The highest BCUT2D eigenvalue weighted by atomic mass is 19.3. The first kappa shape index (κ1) is 10.5. The summed E-state index contributed by atoms with van der Waals surface area (Å²) < 4.78 is 28.8. The van der Waals surface area contributed by atoms with Crippen LogP contribution in [0.1, 0.15) is 17.2 Å². The summed E-state index contributed by atoms with van der Waals surface area (Å²) in [6, 6.07) is 7.36. The van der Waals surface area contributed by atoms with Crippen LogP contribution < -0.4 is 0 Å². The molecule has 82 valence electrons. The van der Waals surface area contributed by atoms with Crippen molar-refractivity contribution in [3.8, 4) is 0 Å². The van der Waals surface area contributed by atoms with E-state index in [1.54, 1.807) is 6.07 Å². The number of alkyl halides is 2. The van der Waals surface area contributed by atoms with Gasteiger partial charge >= 0.3 is 0 Å². The second kappa shape index (κ2) is 4.24. The van der Waals surface area contributed by atoms with E-state index < -0.39 is 25.2 Å². The first-order valence-electron chi connectivity index (χ1n) is 4.84. The molecular formula is C11H12F2O2. The first-order valence-corrected chi connectivity index (χ1v) is 4.84. The fourth-order valence-corrected chi connectivity index (χ4v) is 1.88. The van der Waals surface area contributed by atoms with Crippen molar-refractivity contribution in [2.24, 2.45) is 0 Å². The zero-order chi connectivity index (χ0) is 10.8. The molecule has 15 heavy (non-hydrogen) atoms. The van der Waals surface area contributed by atoms with Crippen LogP contribution in [0.2, 0.25) is 0 Å². The Bertz CT molecular complexity index is 341. The van der Waals surface area contributed by atoms with Crippen molar-refractivity contribution >= 4 is 0 Å². The summed E-state index contributed by atoms with van der Waals surface area (Å²) in [6.45, 7) is -0.615. The minimum atomic E-state index is -2.49. The van der Waals surface area contributed by atoms with Gasteiger partial charge in [-0.25, -0.2) is 8.78 Å². The van der Waals surface area contributed by atoms with Gasteiger partial charge in [-0.1, -0.05) is 24.3 Å². The smallest absolute Gasteiger partial charge is 0.261 e. The normalized spacial score (nSPS) is 24.5. The number of aliphatic hydroxyl groups excluding tert-OH is 1. The summed E-state index contributed by atoms with van der Waals surface area (Å²) in [4.78, 5) is 0. The number of ether oxygens (including phenoxy) is 1. The number of fused-ring (bicyclic) bond motifs is 1. The Labute approximate surface area is 86.5 Å². The minimum Gasteiger partial charge on any atom is -0.386 e. The summed E-state index contributed by atoms with van der Waals surface area (Å²) in [7, 11) is 0. The minimum absolute atomic E-state index is 0.504. The summed E-state index contributed by atoms with van der Waals surface area (Å²) in [6.07, 6.45) is -3.29. The van der Waals surface area contributed by atoms with Crippen molar-refractivity contribution in [2.45, 2.75) is 25.1 Å². The lowest BCUT2D eigenvalue weighted by Gasteiger charge is -2.15. The van der Waals surface area contributed by atoms with Crippen molar-refractivity contribution in [1.82, 2.24) is 0 Å². The molecule has 1 aliphatic rings. The predicted octanol–water partition coefficient (Wildman–Crippen LogP) is 1.93. The summed E-state index contributed by atoms with van der Waals surface area (Å²) in [5.41, 5.74) is 1.76. The van der Waals surface area contributed by atoms with Crippen molar-refractivity contribution in [3.05, 3.63) is 35.4 Å². The van der Waals surface area contributed by atoms with Gasteiger partial charge in [-0.05, 0) is 11.1 Å². The summed E-state index contributed by atoms with van der Waals surface area (Å²) in [5.74, 6) is 0. The molecule has 0 aromatic heterocycles. The Hall–Kier alpha value is -1.00. The number of benzene rings is 1. The van der Waals surface area contributed by atoms with E-state index in [1.807, 2.05) is 18.2 Å². The molecule has 2 atom stereocenters. The average Bonchev–Trinajstić information content (AvgIpc) is 2.54. The third kappa shape index (κ3) is 2.16. The van der Waals surface area contributed by atoms with Crippen molar-refractivity contribution in [3.63, 3.8) is 0 Å². The van der Waals surface area contributed by atoms with Gasteiger partial charge < -0.3 is 9.84 Å². The molecule has 0 aliphatic heterocycles. The lowest BCUT2D eigenvalue weighted by molar-refractivity contribution is -0.0680. The van der Waals surface area contributed by atoms with Crippen LogP contribution in [0.3, 0.4) is 0 Å². The molecule has 0 spiro atoms. The van der Waals surface area contributed by atoms with E-state index in [-0.39, 0.29) is 0 Å². The average molecular weight is 214 g/mol. The SMILES string of the molecule is OC1c2ccccc2CC1OCC(F)F. The van der Waals surface area contributed by atoms with Crippen LogP contribution in [-0.2, 0) is 11.2 Å². The van der Waals surface area contributed by atoms with Crippen LogP contribution >= 0.6 is 0 Å². The summed E-state index contributed by atoms with van der Waals surface area (Å²) >= 11 is 0. The molecule has 0 amide bonds. The number of aliphatic hydroxyl groups is 1. The van der Waals surface area contributed by atoms with E-state index in [4.69, 9.17) is 4.74 Å². The lowest BCUT2D eigenvalue weighted by Crippen LogP contribution is -2.21. The van der Waals surface area contributed by atoms with Crippen molar-refractivity contribution in [1.29, 1.82) is 0 Å². The molecule has 2 nitrogen and oxygen atoms in total. The monoisotopic (exact) mass is 214 g/mol. The van der Waals surface area contributed by atoms with Gasteiger partial charge in [0.05, 0.1) is 6.10 Å². The van der Waals surface area contributed by atoms with E-state index in [2.05, 4.69) is 0 Å². The van der Waals surface area contributed by atoms with Gasteiger partial charge in [-0.2, -0.15) is 0 Å². The first-order chi connectivity index (χ1) is 7.18. The molecule has 0 fully saturated rings. The maximum absolute atomic E-state index is 11.9. The molecular weight excluding hydrogens is 202 g/mol. The molecule has 0 radical (unpaired) electrons. The molecule has 2 unspecified atom stereocenters. The van der Waals surface area contributed by atoms with Crippen LogP contribution in [0.4, 0.5) is 8.78 Å². The van der Waals surface area contributed by atoms with Crippen LogP contribution in [0.5, 0.6) is 0 Å². The van der Waals surface area contributed by atoms with E-state index in [0.29, 0.717) is 6.42 Å². The van der Waals surface area contributed by atoms with Crippen molar-refractivity contribution < 1.29 is 18.6 Å². The van der Waals surface area contributed by atoms with Gasteiger partial charge in [0, 0.05) is 6.42 Å². The Kier molecular flexibility index (Phi) is 2.98. The van der Waals surface area contributed by atoms with Gasteiger partial charge in [0.15, 0.2) is 0 Å². The zero-order valence-corrected chi connectivity index (χ0v) is 8.07. The Morgan fingerprint density at radius 1 is 1.40 bits per heavy atom.